The van der Waals surface area contributed by atoms with Crippen LogP contribution in [0.2, 0.25) is 0 Å². The highest BCUT2D eigenvalue weighted by molar-refractivity contribution is 5.99. The number of rotatable bonds is 3. The Hall–Kier alpha value is -2.08. The van der Waals surface area contributed by atoms with E-state index in [0.29, 0.717) is 43.9 Å². The van der Waals surface area contributed by atoms with Gasteiger partial charge in [-0.3, -0.25) is 9.59 Å². The van der Waals surface area contributed by atoms with E-state index in [1.54, 1.807) is 11.0 Å². The van der Waals surface area contributed by atoms with Gasteiger partial charge < -0.3 is 19.7 Å². The molecular weight excluding hydrogens is 356 g/mol. The third kappa shape index (κ3) is 4.17. The van der Waals surface area contributed by atoms with Crippen molar-refractivity contribution in [3.63, 3.8) is 0 Å². The van der Waals surface area contributed by atoms with E-state index in [2.05, 4.69) is 12.2 Å². The van der Waals surface area contributed by atoms with E-state index in [1.165, 1.54) is 0 Å². The summed E-state index contributed by atoms with van der Waals surface area (Å²) in [5, 5.41) is 3.14. The number of amides is 2. The molecule has 0 bridgehead atoms. The molecule has 6 nitrogen and oxygen atoms in total. The van der Waals surface area contributed by atoms with Gasteiger partial charge in [0.1, 0.15) is 17.9 Å². The van der Waals surface area contributed by atoms with Crippen LogP contribution in [0.4, 0.5) is 0 Å². The summed E-state index contributed by atoms with van der Waals surface area (Å²) in [6.45, 7) is 3.97. The normalized spacial score (nSPS) is 26.9. The number of ether oxygens (including phenoxy) is 2. The molecule has 3 aliphatic rings. The molecule has 0 aromatic heterocycles. The number of nitrogens with zero attached hydrogens (tertiary/aromatic N) is 1. The second-order valence-corrected chi connectivity index (χ2v) is 8.58. The molecule has 0 radical (unpaired) electrons. The maximum absolute atomic E-state index is 13.2. The molecule has 1 saturated carbocycles. The third-order valence-corrected chi connectivity index (χ3v) is 6.33. The molecule has 152 valence electrons. The fourth-order valence-corrected chi connectivity index (χ4v) is 4.57. The van der Waals surface area contributed by atoms with Gasteiger partial charge in [-0.1, -0.05) is 19.1 Å². The van der Waals surface area contributed by atoms with Gasteiger partial charge in [-0.25, -0.2) is 0 Å². The molecule has 0 unspecified atom stereocenters. The quantitative estimate of drug-likeness (QED) is 0.867. The van der Waals surface area contributed by atoms with E-state index in [9.17, 15) is 9.59 Å². The summed E-state index contributed by atoms with van der Waals surface area (Å²) in [5.41, 5.74) is 0.0475. The van der Waals surface area contributed by atoms with Crippen molar-refractivity contribution in [3.8, 4) is 5.75 Å². The van der Waals surface area contributed by atoms with Crippen LogP contribution in [0.25, 0.3) is 0 Å². The van der Waals surface area contributed by atoms with E-state index in [-0.39, 0.29) is 24.4 Å². The molecule has 1 aromatic carbocycles. The molecule has 1 saturated heterocycles. The first kappa shape index (κ1) is 19.2. The summed E-state index contributed by atoms with van der Waals surface area (Å²) >= 11 is 0. The van der Waals surface area contributed by atoms with Crippen LogP contribution in [0.1, 0.15) is 55.8 Å². The van der Waals surface area contributed by atoms with Crippen LogP contribution in [-0.4, -0.2) is 54.7 Å². The van der Waals surface area contributed by atoms with Gasteiger partial charge in [0, 0.05) is 18.9 Å². The maximum Gasteiger partial charge on any atom is 0.258 e. The van der Waals surface area contributed by atoms with Gasteiger partial charge in [0.25, 0.3) is 5.91 Å². The summed E-state index contributed by atoms with van der Waals surface area (Å²) in [6, 6.07) is 7.57. The van der Waals surface area contributed by atoms with Crippen LogP contribution in [0.5, 0.6) is 5.75 Å². The van der Waals surface area contributed by atoms with Crippen molar-refractivity contribution in [2.45, 2.75) is 57.1 Å². The summed E-state index contributed by atoms with van der Waals surface area (Å²) < 4.78 is 11.9. The minimum Gasteiger partial charge on any atom is -0.484 e. The summed E-state index contributed by atoms with van der Waals surface area (Å²) in [4.78, 5) is 27.6. The third-order valence-electron chi connectivity index (χ3n) is 6.33. The molecule has 1 spiro atoms. The minimum absolute atomic E-state index is 0.0745. The van der Waals surface area contributed by atoms with Crippen LogP contribution < -0.4 is 10.1 Å². The Morgan fingerprint density at radius 1 is 1.18 bits per heavy atom. The highest BCUT2D eigenvalue weighted by Gasteiger charge is 2.42. The number of hydrogen-bond donors (Lipinski definition) is 1. The van der Waals surface area contributed by atoms with E-state index in [4.69, 9.17) is 9.47 Å². The lowest BCUT2D eigenvalue weighted by molar-refractivity contribution is -0.123. The summed E-state index contributed by atoms with van der Waals surface area (Å²) in [5.74, 6) is 1.14. The molecule has 2 amide bonds. The van der Waals surface area contributed by atoms with Gasteiger partial charge in [-0.15, -0.1) is 0 Å². The molecule has 0 atom stereocenters. The van der Waals surface area contributed by atoms with Crippen LogP contribution in [0.15, 0.2) is 24.3 Å². The standard InChI is InChI=1S/C22H30N2O4/c1-16-6-8-17(9-7-16)23-20(25)14-24-15-22(10-12-27-13-11-22)28-19-5-3-2-4-18(19)21(24)26/h2-5,16-17H,6-15H2,1H3,(H,23,25). The average molecular weight is 386 g/mol. The minimum atomic E-state index is -0.485. The molecule has 28 heavy (non-hydrogen) atoms. The van der Waals surface area contributed by atoms with Gasteiger partial charge in [0.15, 0.2) is 0 Å². The fourth-order valence-electron chi connectivity index (χ4n) is 4.57. The first-order valence-corrected chi connectivity index (χ1v) is 10.5. The summed E-state index contributed by atoms with van der Waals surface area (Å²) in [7, 11) is 0. The summed E-state index contributed by atoms with van der Waals surface area (Å²) in [6.07, 6.45) is 5.78. The van der Waals surface area contributed by atoms with Crippen molar-refractivity contribution < 1.29 is 19.1 Å². The average Bonchev–Trinajstić information content (AvgIpc) is 2.79. The number of carbonyl (C=O) groups excluding carboxylic acids is 2. The van der Waals surface area contributed by atoms with Crippen LogP contribution in [0.3, 0.4) is 0 Å². The number of carbonyl (C=O) groups is 2. The van der Waals surface area contributed by atoms with Crippen LogP contribution in [-0.2, 0) is 9.53 Å². The zero-order valence-electron chi connectivity index (χ0n) is 16.6. The number of hydrogen-bond acceptors (Lipinski definition) is 4. The molecule has 2 aliphatic heterocycles. The maximum atomic E-state index is 13.2. The molecule has 2 heterocycles. The molecular formula is C22H30N2O4. The number of nitrogens with one attached hydrogen (secondary N) is 1. The van der Waals surface area contributed by atoms with Crippen molar-refractivity contribution in [1.82, 2.24) is 10.2 Å². The molecule has 1 aromatic rings. The first-order valence-electron chi connectivity index (χ1n) is 10.5. The van der Waals surface area contributed by atoms with E-state index in [1.807, 2.05) is 18.2 Å². The zero-order chi connectivity index (χ0) is 19.6. The highest BCUT2D eigenvalue weighted by Crippen LogP contribution is 2.35. The Morgan fingerprint density at radius 3 is 2.64 bits per heavy atom. The lowest BCUT2D eigenvalue weighted by atomic mass is 9.87. The smallest absolute Gasteiger partial charge is 0.258 e. The van der Waals surface area contributed by atoms with Gasteiger partial charge in [-0.2, -0.15) is 0 Å². The second kappa shape index (κ2) is 8.11. The van der Waals surface area contributed by atoms with Crippen molar-refractivity contribution in [2.24, 2.45) is 5.92 Å². The largest absolute Gasteiger partial charge is 0.484 e. The molecule has 2 fully saturated rings. The molecule has 6 heteroatoms. The highest BCUT2D eigenvalue weighted by atomic mass is 16.5. The number of benzene rings is 1. The van der Waals surface area contributed by atoms with Crippen molar-refractivity contribution in [2.75, 3.05) is 26.3 Å². The topological polar surface area (TPSA) is 67.9 Å². The van der Waals surface area contributed by atoms with E-state index < -0.39 is 5.60 Å². The molecule has 4 rings (SSSR count). The van der Waals surface area contributed by atoms with Crippen LogP contribution >= 0.6 is 0 Å². The van der Waals surface area contributed by atoms with Crippen LogP contribution in [0, 0.1) is 5.92 Å². The fraction of sp³-hybridized carbons (Fsp3) is 0.636. The lowest BCUT2D eigenvalue weighted by Gasteiger charge is -2.38. The number of fused-ring (bicyclic) bond motifs is 1. The Bertz CT molecular complexity index is 721. The first-order chi connectivity index (χ1) is 13.5. The Morgan fingerprint density at radius 2 is 1.89 bits per heavy atom. The van der Waals surface area contributed by atoms with Gasteiger partial charge in [-0.05, 0) is 43.7 Å². The number of para-hydroxylation sites is 1. The van der Waals surface area contributed by atoms with E-state index >= 15 is 0 Å². The van der Waals surface area contributed by atoms with Crippen molar-refractivity contribution in [1.29, 1.82) is 0 Å². The van der Waals surface area contributed by atoms with Gasteiger partial charge in [0.2, 0.25) is 5.91 Å². The van der Waals surface area contributed by atoms with Gasteiger partial charge >= 0.3 is 0 Å². The molecule has 1 aliphatic carbocycles. The second-order valence-electron chi connectivity index (χ2n) is 8.58. The zero-order valence-corrected chi connectivity index (χ0v) is 16.6. The van der Waals surface area contributed by atoms with Crippen molar-refractivity contribution >= 4 is 11.8 Å². The Labute approximate surface area is 166 Å². The lowest BCUT2D eigenvalue weighted by Crippen LogP contribution is -2.53. The molecule has 1 N–H and O–H groups in total. The van der Waals surface area contributed by atoms with E-state index in [0.717, 1.165) is 31.6 Å². The monoisotopic (exact) mass is 386 g/mol. The SMILES string of the molecule is CC1CCC(NC(=O)CN2CC3(CCOCC3)Oc3ccccc3C2=O)CC1. The van der Waals surface area contributed by atoms with Crippen molar-refractivity contribution in [3.05, 3.63) is 29.8 Å². The predicted octanol–water partition coefficient (Wildman–Crippen LogP) is 2.77. The Kier molecular flexibility index (Phi) is 5.58. The predicted molar refractivity (Wildman–Crippen MR) is 105 cm³/mol. The van der Waals surface area contributed by atoms with Gasteiger partial charge in [0.05, 0.1) is 25.3 Å². The Balaban J connectivity index is 1.50.